The molecule has 2 nitrogen and oxygen atoms in total. The summed E-state index contributed by atoms with van der Waals surface area (Å²) in [6.07, 6.45) is 15.3. The Morgan fingerprint density at radius 2 is 1.91 bits per heavy atom. The standard InChI is InChI=1S/C30H36FNO/c1-3-4-5-6-7-9-14-23-18-19-25(27(31)20-23)29-26-17-12-13-22(2)28(26)30(33)32(29)21-24-15-10-8-11-16-24/h8-12,14-20,22,26,28-29H,3-7,13,21H2,1-2H3/b14-9+/t22-,26+,28+,29+/m1/s1. The highest BCUT2D eigenvalue weighted by molar-refractivity contribution is 5.83. The Balaban J connectivity index is 1.58. The molecule has 0 spiro atoms. The van der Waals surface area contributed by atoms with Crippen LogP contribution in [-0.4, -0.2) is 10.8 Å². The fourth-order valence-corrected chi connectivity index (χ4v) is 5.47. The highest BCUT2D eigenvalue weighted by atomic mass is 19.1. The van der Waals surface area contributed by atoms with Gasteiger partial charge < -0.3 is 4.90 Å². The van der Waals surface area contributed by atoms with E-state index < -0.39 is 0 Å². The van der Waals surface area contributed by atoms with Crippen molar-refractivity contribution >= 4 is 12.0 Å². The van der Waals surface area contributed by atoms with E-state index in [1.54, 1.807) is 6.07 Å². The van der Waals surface area contributed by atoms with Gasteiger partial charge in [-0.05, 0) is 42.4 Å². The summed E-state index contributed by atoms with van der Waals surface area (Å²) in [6, 6.07) is 15.3. The van der Waals surface area contributed by atoms with Gasteiger partial charge in [0.2, 0.25) is 5.91 Å². The monoisotopic (exact) mass is 445 g/mol. The molecule has 2 aromatic rings. The molecule has 2 aromatic carbocycles. The number of amides is 1. The lowest BCUT2D eigenvalue weighted by Crippen LogP contribution is -2.31. The number of benzene rings is 2. The van der Waals surface area contributed by atoms with Crippen molar-refractivity contribution in [1.29, 1.82) is 0 Å². The second kappa shape index (κ2) is 11.0. The summed E-state index contributed by atoms with van der Waals surface area (Å²) in [7, 11) is 0. The molecule has 1 amide bonds. The van der Waals surface area contributed by atoms with Crippen molar-refractivity contribution in [2.45, 2.75) is 65.0 Å². The van der Waals surface area contributed by atoms with Gasteiger partial charge in [0.1, 0.15) is 5.82 Å². The Bertz CT molecular complexity index is 996. The van der Waals surface area contributed by atoms with E-state index in [0.29, 0.717) is 12.1 Å². The number of carbonyl (C=O) groups excluding carboxylic acids is 1. The number of hydrogen-bond acceptors (Lipinski definition) is 1. The van der Waals surface area contributed by atoms with Gasteiger partial charge in [-0.2, -0.15) is 0 Å². The predicted molar refractivity (Wildman–Crippen MR) is 134 cm³/mol. The first kappa shape index (κ1) is 23.5. The first-order valence-electron chi connectivity index (χ1n) is 12.6. The number of allylic oxidation sites excluding steroid dienone is 2. The van der Waals surface area contributed by atoms with Gasteiger partial charge in [0.05, 0.1) is 6.04 Å². The molecule has 33 heavy (non-hydrogen) atoms. The van der Waals surface area contributed by atoms with Gasteiger partial charge in [-0.3, -0.25) is 4.79 Å². The number of halogens is 1. The van der Waals surface area contributed by atoms with Gasteiger partial charge in [0, 0.05) is 23.9 Å². The molecular weight excluding hydrogens is 409 g/mol. The molecule has 1 heterocycles. The fraction of sp³-hybridized carbons (Fsp3) is 0.433. The number of hydrogen-bond donors (Lipinski definition) is 0. The quantitative estimate of drug-likeness (QED) is 0.286. The summed E-state index contributed by atoms with van der Waals surface area (Å²) >= 11 is 0. The van der Waals surface area contributed by atoms with Gasteiger partial charge >= 0.3 is 0 Å². The normalized spacial score (nSPS) is 24.6. The van der Waals surface area contributed by atoms with Gasteiger partial charge in [-0.25, -0.2) is 4.39 Å². The molecule has 4 rings (SSSR count). The van der Waals surface area contributed by atoms with Crippen LogP contribution in [0.15, 0.2) is 66.8 Å². The number of nitrogens with zero attached hydrogens (tertiary/aromatic N) is 1. The lowest BCUT2D eigenvalue weighted by molar-refractivity contribution is -0.134. The topological polar surface area (TPSA) is 20.3 Å². The third-order valence-corrected chi connectivity index (χ3v) is 7.24. The lowest BCUT2D eigenvalue weighted by Gasteiger charge is -2.30. The molecule has 0 saturated carbocycles. The smallest absolute Gasteiger partial charge is 0.227 e. The zero-order chi connectivity index (χ0) is 23.2. The molecule has 0 unspecified atom stereocenters. The molecule has 4 atom stereocenters. The molecule has 0 aromatic heterocycles. The Kier molecular flexibility index (Phi) is 7.80. The second-order valence-electron chi connectivity index (χ2n) is 9.67. The van der Waals surface area contributed by atoms with Crippen molar-refractivity contribution in [3.63, 3.8) is 0 Å². The summed E-state index contributed by atoms with van der Waals surface area (Å²) in [6.45, 7) is 4.87. The number of fused-ring (bicyclic) bond motifs is 1. The molecule has 0 bridgehead atoms. The van der Waals surface area contributed by atoms with Crippen LogP contribution in [-0.2, 0) is 11.3 Å². The Labute approximate surface area is 198 Å². The van der Waals surface area contributed by atoms with Crippen LogP contribution in [0, 0.1) is 23.6 Å². The molecule has 1 aliphatic carbocycles. The zero-order valence-corrected chi connectivity index (χ0v) is 19.9. The minimum atomic E-state index is -0.270. The SMILES string of the molecule is CCCCCC/C=C/c1ccc([C@H]2[C@H]3C=CC[C@@H](C)[C@@H]3C(=O)N2Cc2ccccc2)c(F)c1. The molecule has 174 valence electrons. The van der Waals surface area contributed by atoms with Crippen LogP contribution >= 0.6 is 0 Å². The predicted octanol–water partition coefficient (Wildman–Crippen LogP) is 7.72. The number of likely N-dealkylation sites (tertiary alicyclic amines) is 1. The summed E-state index contributed by atoms with van der Waals surface area (Å²) in [4.78, 5) is 15.4. The third kappa shape index (κ3) is 5.29. The van der Waals surface area contributed by atoms with E-state index in [0.717, 1.165) is 24.0 Å². The van der Waals surface area contributed by atoms with E-state index >= 15 is 4.39 Å². The van der Waals surface area contributed by atoms with E-state index in [-0.39, 0.29) is 35.5 Å². The molecule has 1 fully saturated rings. The van der Waals surface area contributed by atoms with Crippen LogP contribution in [0.4, 0.5) is 4.39 Å². The van der Waals surface area contributed by atoms with Crippen LogP contribution in [0.2, 0.25) is 0 Å². The zero-order valence-electron chi connectivity index (χ0n) is 19.9. The summed E-state index contributed by atoms with van der Waals surface area (Å²) in [5, 5.41) is 0. The first-order valence-corrected chi connectivity index (χ1v) is 12.6. The Morgan fingerprint density at radius 3 is 2.67 bits per heavy atom. The van der Waals surface area contributed by atoms with E-state index in [9.17, 15) is 4.79 Å². The minimum absolute atomic E-state index is 0.0134. The maximum Gasteiger partial charge on any atom is 0.227 e. The van der Waals surface area contributed by atoms with Crippen LogP contribution in [0.3, 0.4) is 0 Å². The summed E-state index contributed by atoms with van der Waals surface area (Å²) < 4.78 is 15.5. The first-order chi connectivity index (χ1) is 16.1. The fourth-order valence-electron chi connectivity index (χ4n) is 5.47. The maximum atomic E-state index is 15.5. The number of unbranched alkanes of at least 4 members (excludes halogenated alkanes) is 4. The van der Waals surface area contributed by atoms with Crippen molar-refractivity contribution in [2.75, 3.05) is 0 Å². The van der Waals surface area contributed by atoms with Crippen LogP contribution in [0.1, 0.15) is 75.1 Å². The largest absolute Gasteiger partial charge is 0.330 e. The average molecular weight is 446 g/mol. The molecule has 1 saturated heterocycles. The van der Waals surface area contributed by atoms with Crippen molar-refractivity contribution in [3.8, 4) is 0 Å². The van der Waals surface area contributed by atoms with Gasteiger partial charge in [0.25, 0.3) is 0 Å². The van der Waals surface area contributed by atoms with E-state index in [4.69, 9.17) is 0 Å². The minimum Gasteiger partial charge on any atom is -0.330 e. The molecule has 0 radical (unpaired) electrons. The van der Waals surface area contributed by atoms with Crippen molar-refractivity contribution in [2.24, 2.45) is 17.8 Å². The Hall–Kier alpha value is -2.68. The van der Waals surface area contributed by atoms with E-state index in [1.807, 2.05) is 53.4 Å². The third-order valence-electron chi connectivity index (χ3n) is 7.24. The van der Waals surface area contributed by atoms with Crippen LogP contribution in [0.25, 0.3) is 6.08 Å². The maximum absolute atomic E-state index is 15.5. The molecule has 1 aliphatic heterocycles. The molecule has 0 N–H and O–H groups in total. The van der Waals surface area contributed by atoms with Crippen molar-refractivity contribution in [3.05, 3.63) is 89.3 Å². The Morgan fingerprint density at radius 1 is 1.09 bits per heavy atom. The lowest BCUT2D eigenvalue weighted by atomic mass is 9.75. The van der Waals surface area contributed by atoms with Crippen molar-refractivity contribution < 1.29 is 9.18 Å². The van der Waals surface area contributed by atoms with E-state index in [1.165, 1.54) is 25.7 Å². The summed E-state index contributed by atoms with van der Waals surface area (Å²) in [5.41, 5.74) is 2.59. The van der Waals surface area contributed by atoms with Crippen LogP contribution < -0.4 is 0 Å². The molecule has 2 aliphatic rings. The number of carbonyl (C=O) groups is 1. The molecule has 3 heteroatoms. The highest BCUT2D eigenvalue weighted by Crippen LogP contribution is 2.49. The number of rotatable bonds is 9. The van der Waals surface area contributed by atoms with Gasteiger partial charge in [-0.1, -0.05) is 99.9 Å². The highest BCUT2D eigenvalue weighted by Gasteiger charge is 2.50. The molecular formula is C30H36FNO. The van der Waals surface area contributed by atoms with Gasteiger partial charge in [-0.15, -0.1) is 0 Å². The van der Waals surface area contributed by atoms with E-state index in [2.05, 4.69) is 32.1 Å². The van der Waals surface area contributed by atoms with Crippen LogP contribution in [0.5, 0.6) is 0 Å². The average Bonchev–Trinajstić information content (AvgIpc) is 3.09. The summed E-state index contributed by atoms with van der Waals surface area (Å²) in [5.74, 6) is 0.145. The van der Waals surface area contributed by atoms with Gasteiger partial charge in [0.15, 0.2) is 0 Å². The van der Waals surface area contributed by atoms with Crippen molar-refractivity contribution in [1.82, 2.24) is 4.90 Å². The second-order valence-corrected chi connectivity index (χ2v) is 9.67.